The minimum absolute atomic E-state index is 0.0893. The number of hydrogen-bond acceptors (Lipinski definition) is 6. The van der Waals surface area contributed by atoms with Gasteiger partial charge in [-0.25, -0.2) is 0 Å². The highest BCUT2D eigenvalue weighted by Crippen LogP contribution is 2.17. The molecule has 0 rings (SSSR count). The Hall–Kier alpha value is -3.93. The lowest BCUT2D eigenvalue weighted by atomic mass is 10.0. The standard InChI is InChI=1S/C76H130O6/c1-4-7-10-13-16-19-22-25-28-31-34-36-37-38-40-42-45-48-51-54-57-60-63-66-69-75(78)81-72-73(71-80-74(77)68-65-62-59-56-53-50-47-44-41-33-30-27-24-21-18-15-12-9-6-3)82-76(79)70-67-64-61-58-55-52-49-46-43-39-35-32-29-26-23-20-17-14-11-8-5-2/h8-9,11-12,17-18,20-21,26-27,29-30,35,39,41,44,46,49,73H,4-7,10,13-16,19,22-25,28,31-34,36-38,40,42-43,45,47-48,50-72H2,1-3H3/b11-8-,12-9-,20-17-,21-18-,29-26-,30-27-,39-35-,44-41-,49-46-. The van der Waals surface area contributed by atoms with Gasteiger partial charge in [-0.05, 0) is 103 Å². The van der Waals surface area contributed by atoms with E-state index in [-0.39, 0.29) is 31.1 Å². The van der Waals surface area contributed by atoms with E-state index in [0.29, 0.717) is 19.3 Å². The Kier molecular flexibility index (Phi) is 66.2. The molecule has 0 aromatic carbocycles. The summed E-state index contributed by atoms with van der Waals surface area (Å²) in [4.78, 5) is 38.5. The molecule has 1 unspecified atom stereocenters. The van der Waals surface area contributed by atoms with E-state index in [9.17, 15) is 14.4 Å². The van der Waals surface area contributed by atoms with Crippen molar-refractivity contribution in [2.24, 2.45) is 0 Å². The second-order valence-corrected chi connectivity index (χ2v) is 23.0. The lowest BCUT2D eigenvalue weighted by molar-refractivity contribution is -0.167. The van der Waals surface area contributed by atoms with Gasteiger partial charge in [0.15, 0.2) is 6.10 Å². The normalized spacial score (nSPS) is 12.8. The van der Waals surface area contributed by atoms with Gasteiger partial charge in [0.2, 0.25) is 0 Å². The molecule has 0 saturated heterocycles. The van der Waals surface area contributed by atoms with Gasteiger partial charge in [0.05, 0.1) is 0 Å². The van der Waals surface area contributed by atoms with E-state index in [0.717, 1.165) is 148 Å². The largest absolute Gasteiger partial charge is 0.462 e. The fourth-order valence-corrected chi connectivity index (χ4v) is 9.88. The Labute approximate surface area is 508 Å². The number of carbonyl (C=O) groups is 3. The molecule has 0 fully saturated rings. The van der Waals surface area contributed by atoms with E-state index in [1.165, 1.54) is 148 Å². The molecular weight excluding hydrogens is 1010 g/mol. The lowest BCUT2D eigenvalue weighted by Crippen LogP contribution is -2.30. The van der Waals surface area contributed by atoms with Gasteiger partial charge < -0.3 is 14.2 Å². The van der Waals surface area contributed by atoms with E-state index in [1.54, 1.807) is 0 Å². The first-order valence-electron chi connectivity index (χ1n) is 34.9. The van der Waals surface area contributed by atoms with Crippen molar-refractivity contribution in [1.82, 2.24) is 0 Å². The third kappa shape index (κ3) is 66.9. The summed E-state index contributed by atoms with van der Waals surface area (Å²) < 4.78 is 17.0. The fraction of sp³-hybridized carbons (Fsp3) is 0.724. The van der Waals surface area contributed by atoms with Gasteiger partial charge in [-0.3, -0.25) is 14.4 Å². The number of carbonyl (C=O) groups excluding carboxylic acids is 3. The molecule has 82 heavy (non-hydrogen) atoms. The van der Waals surface area contributed by atoms with E-state index in [4.69, 9.17) is 14.2 Å². The molecule has 0 saturated carbocycles. The molecule has 0 aliphatic carbocycles. The predicted molar refractivity (Wildman–Crippen MR) is 357 cm³/mol. The molecule has 1 atom stereocenters. The summed E-state index contributed by atoms with van der Waals surface area (Å²) in [5, 5.41) is 0. The van der Waals surface area contributed by atoms with Crippen molar-refractivity contribution in [3.05, 3.63) is 109 Å². The van der Waals surface area contributed by atoms with Gasteiger partial charge in [-0.1, -0.05) is 323 Å². The number of ether oxygens (including phenoxy) is 3. The molecule has 0 aliphatic rings. The summed E-state index contributed by atoms with van der Waals surface area (Å²) >= 11 is 0. The zero-order valence-corrected chi connectivity index (χ0v) is 54.0. The minimum Gasteiger partial charge on any atom is -0.462 e. The molecule has 0 aromatic heterocycles. The third-order valence-electron chi connectivity index (χ3n) is 15.0. The van der Waals surface area contributed by atoms with Crippen molar-refractivity contribution >= 4 is 17.9 Å². The average Bonchev–Trinajstić information content (AvgIpc) is 3.47. The quantitative estimate of drug-likeness (QED) is 0.0261. The van der Waals surface area contributed by atoms with Gasteiger partial charge in [0, 0.05) is 19.3 Å². The molecule has 0 spiro atoms. The predicted octanol–water partition coefficient (Wildman–Crippen LogP) is 24.2. The number of esters is 3. The van der Waals surface area contributed by atoms with Crippen LogP contribution >= 0.6 is 0 Å². The number of unbranched alkanes of at least 4 members (excludes halogenated alkanes) is 34. The molecule has 0 aromatic rings. The third-order valence-corrected chi connectivity index (χ3v) is 15.0. The number of hydrogen-bond donors (Lipinski definition) is 0. The molecule has 0 N–H and O–H groups in total. The maximum atomic E-state index is 13.0. The maximum absolute atomic E-state index is 13.0. The van der Waals surface area contributed by atoms with Crippen molar-refractivity contribution in [3.8, 4) is 0 Å². The van der Waals surface area contributed by atoms with Gasteiger partial charge in [-0.2, -0.15) is 0 Å². The van der Waals surface area contributed by atoms with Crippen LogP contribution in [0.2, 0.25) is 0 Å². The second kappa shape index (κ2) is 69.6. The molecule has 470 valence electrons. The number of allylic oxidation sites excluding steroid dienone is 18. The summed E-state index contributed by atoms with van der Waals surface area (Å²) in [6.07, 6.45) is 95.4. The van der Waals surface area contributed by atoms with Crippen molar-refractivity contribution in [1.29, 1.82) is 0 Å². The summed E-state index contributed by atoms with van der Waals surface area (Å²) in [5.74, 6) is -0.909. The molecule has 0 radical (unpaired) electrons. The lowest BCUT2D eigenvalue weighted by Gasteiger charge is -2.18. The van der Waals surface area contributed by atoms with E-state index in [2.05, 4.69) is 130 Å². The van der Waals surface area contributed by atoms with Crippen molar-refractivity contribution in [3.63, 3.8) is 0 Å². The Balaban J connectivity index is 4.40. The van der Waals surface area contributed by atoms with E-state index < -0.39 is 6.10 Å². The summed E-state index contributed by atoms with van der Waals surface area (Å²) in [7, 11) is 0. The first-order valence-corrected chi connectivity index (χ1v) is 34.9. The molecule has 6 heteroatoms. The Bertz CT molecular complexity index is 1640. The zero-order chi connectivity index (χ0) is 59.2. The summed E-state index contributed by atoms with van der Waals surface area (Å²) in [6.45, 7) is 6.43. The van der Waals surface area contributed by atoms with Gasteiger partial charge >= 0.3 is 17.9 Å². The van der Waals surface area contributed by atoms with Crippen LogP contribution in [0.15, 0.2) is 109 Å². The highest BCUT2D eigenvalue weighted by atomic mass is 16.6. The van der Waals surface area contributed by atoms with Crippen LogP contribution in [0.5, 0.6) is 0 Å². The highest BCUT2D eigenvalue weighted by molar-refractivity contribution is 5.71. The SMILES string of the molecule is CC/C=C\C/C=C\C/C=C\C/C=C\C/C=C\CCCCCCCC(=O)OC(COC(=O)CCCCCCCC/C=C\C/C=C\C/C=C\C/C=C\CC)COC(=O)CCCCCCCCCCCCCCCCCCCCCCCCCC. The van der Waals surface area contributed by atoms with E-state index >= 15 is 0 Å². The van der Waals surface area contributed by atoms with Crippen LogP contribution in [0.1, 0.15) is 335 Å². The van der Waals surface area contributed by atoms with Gasteiger partial charge in [0.25, 0.3) is 0 Å². The molecule has 0 heterocycles. The smallest absolute Gasteiger partial charge is 0.306 e. The van der Waals surface area contributed by atoms with Crippen LogP contribution in [-0.2, 0) is 28.6 Å². The van der Waals surface area contributed by atoms with Crippen molar-refractivity contribution in [2.75, 3.05) is 13.2 Å². The number of rotatable bonds is 63. The van der Waals surface area contributed by atoms with Crippen LogP contribution in [-0.4, -0.2) is 37.2 Å². The Morgan fingerprint density at radius 2 is 0.476 bits per heavy atom. The average molecular weight is 1140 g/mol. The van der Waals surface area contributed by atoms with Gasteiger partial charge in [0.1, 0.15) is 13.2 Å². The molecule has 6 nitrogen and oxygen atoms in total. The van der Waals surface area contributed by atoms with Crippen molar-refractivity contribution < 1.29 is 28.6 Å². The summed E-state index contributed by atoms with van der Waals surface area (Å²) in [5.41, 5.74) is 0. The van der Waals surface area contributed by atoms with E-state index in [1.807, 2.05) is 0 Å². The molecule has 0 amide bonds. The van der Waals surface area contributed by atoms with Crippen LogP contribution < -0.4 is 0 Å². The molecule has 0 bridgehead atoms. The van der Waals surface area contributed by atoms with Crippen molar-refractivity contribution in [2.45, 2.75) is 341 Å². The second-order valence-electron chi connectivity index (χ2n) is 23.0. The topological polar surface area (TPSA) is 78.9 Å². The van der Waals surface area contributed by atoms with Crippen LogP contribution in [0.4, 0.5) is 0 Å². The van der Waals surface area contributed by atoms with Crippen LogP contribution in [0, 0.1) is 0 Å². The summed E-state index contributed by atoms with van der Waals surface area (Å²) in [6, 6.07) is 0. The zero-order valence-electron chi connectivity index (χ0n) is 54.0. The Morgan fingerprint density at radius 1 is 0.256 bits per heavy atom. The minimum atomic E-state index is -0.798. The Morgan fingerprint density at radius 3 is 0.744 bits per heavy atom. The van der Waals surface area contributed by atoms with Gasteiger partial charge in [-0.15, -0.1) is 0 Å². The van der Waals surface area contributed by atoms with Crippen LogP contribution in [0.25, 0.3) is 0 Å². The van der Waals surface area contributed by atoms with Crippen LogP contribution in [0.3, 0.4) is 0 Å². The molecular formula is C76H130O6. The highest BCUT2D eigenvalue weighted by Gasteiger charge is 2.19. The monoisotopic (exact) mass is 1140 g/mol. The fourth-order valence-electron chi connectivity index (χ4n) is 9.88. The first kappa shape index (κ1) is 78.1. The first-order chi connectivity index (χ1) is 40.5. The molecule has 0 aliphatic heterocycles. The maximum Gasteiger partial charge on any atom is 0.306 e.